The monoisotopic (exact) mass is 275 g/mol. The molecule has 0 radical (unpaired) electrons. The molecule has 1 rings (SSSR count). The van der Waals surface area contributed by atoms with Crippen LogP contribution < -0.4 is 5.73 Å². The third-order valence-corrected chi connectivity index (χ3v) is 2.33. The quantitative estimate of drug-likeness (QED) is 0.860. The van der Waals surface area contributed by atoms with Crippen LogP contribution in [0.25, 0.3) is 0 Å². The Morgan fingerprint density at radius 2 is 2.33 bits per heavy atom. The molecule has 0 bridgehead atoms. The first-order chi connectivity index (χ1) is 7.06. The molecule has 1 aromatic rings. The number of nitrogens with two attached hydrogens (primary N) is 1. The summed E-state index contributed by atoms with van der Waals surface area (Å²) in [4.78, 5) is 11.3. The number of carbonyl (C=O) groups is 1. The van der Waals surface area contributed by atoms with Gasteiger partial charge in [0.1, 0.15) is 11.9 Å². The highest BCUT2D eigenvalue weighted by Crippen LogP contribution is 2.21. The van der Waals surface area contributed by atoms with E-state index in [0.717, 1.165) is 0 Å². The number of ether oxygens (including phenoxy) is 1. The Hall–Kier alpha value is -0.940. The van der Waals surface area contributed by atoms with Crippen molar-refractivity contribution in [1.82, 2.24) is 0 Å². The number of hydrogen-bond acceptors (Lipinski definition) is 3. The van der Waals surface area contributed by atoms with Crippen molar-refractivity contribution in [2.75, 3.05) is 6.61 Å². The molecule has 0 aliphatic carbocycles. The first-order valence-corrected chi connectivity index (χ1v) is 5.22. The number of rotatable bonds is 3. The first-order valence-electron chi connectivity index (χ1n) is 4.43. The predicted molar refractivity (Wildman–Crippen MR) is 57.7 cm³/mol. The summed E-state index contributed by atoms with van der Waals surface area (Å²) in [5, 5.41) is 0. The van der Waals surface area contributed by atoms with Gasteiger partial charge in [0.2, 0.25) is 0 Å². The number of halogens is 2. The predicted octanol–water partition coefficient (Wildman–Crippen LogP) is 2.15. The zero-order valence-corrected chi connectivity index (χ0v) is 9.75. The van der Waals surface area contributed by atoms with Gasteiger partial charge in [-0.05, 0) is 25.1 Å². The molecule has 5 heteroatoms. The van der Waals surface area contributed by atoms with Crippen molar-refractivity contribution in [2.24, 2.45) is 5.73 Å². The maximum Gasteiger partial charge on any atom is 0.327 e. The Kier molecular flexibility index (Phi) is 4.23. The maximum absolute atomic E-state index is 13.3. The van der Waals surface area contributed by atoms with Crippen molar-refractivity contribution < 1.29 is 13.9 Å². The molecule has 0 spiro atoms. The molecule has 0 heterocycles. The molecular weight excluding hydrogens is 265 g/mol. The van der Waals surface area contributed by atoms with E-state index in [1.54, 1.807) is 6.92 Å². The van der Waals surface area contributed by atoms with E-state index < -0.39 is 17.8 Å². The van der Waals surface area contributed by atoms with Crippen LogP contribution in [0.1, 0.15) is 18.5 Å². The van der Waals surface area contributed by atoms with Gasteiger partial charge in [-0.25, -0.2) is 9.18 Å². The van der Waals surface area contributed by atoms with Gasteiger partial charge < -0.3 is 10.5 Å². The summed E-state index contributed by atoms with van der Waals surface area (Å²) in [5.41, 5.74) is 5.69. The van der Waals surface area contributed by atoms with E-state index in [1.807, 2.05) is 0 Å². The topological polar surface area (TPSA) is 52.3 Å². The molecular formula is C10H11BrFNO2. The Labute approximate surface area is 95.5 Å². The lowest BCUT2D eigenvalue weighted by Gasteiger charge is -2.11. The normalized spacial score (nSPS) is 12.3. The van der Waals surface area contributed by atoms with Crippen molar-refractivity contribution in [2.45, 2.75) is 13.0 Å². The highest BCUT2D eigenvalue weighted by atomic mass is 79.9. The third kappa shape index (κ3) is 3.00. The molecule has 2 N–H and O–H groups in total. The summed E-state index contributed by atoms with van der Waals surface area (Å²) < 4.78 is 18.7. The second-order valence-electron chi connectivity index (χ2n) is 2.90. The molecule has 0 aromatic heterocycles. The minimum absolute atomic E-state index is 0.128. The molecule has 1 atom stereocenters. The van der Waals surface area contributed by atoms with Crippen LogP contribution in [0.15, 0.2) is 22.7 Å². The lowest BCUT2D eigenvalue weighted by molar-refractivity contribution is -0.144. The number of hydrogen-bond donors (Lipinski definition) is 1. The van der Waals surface area contributed by atoms with E-state index in [4.69, 9.17) is 10.5 Å². The molecule has 0 fully saturated rings. The Morgan fingerprint density at radius 3 is 2.93 bits per heavy atom. The van der Waals surface area contributed by atoms with Crippen molar-refractivity contribution >= 4 is 21.9 Å². The lowest BCUT2D eigenvalue weighted by Crippen LogP contribution is -2.24. The molecule has 0 amide bonds. The van der Waals surface area contributed by atoms with Crippen molar-refractivity contribution in [3.63, 3.8) is 0 Å². The van der Waals surface area contributed by atoms with Gasteiger partial charge in [-0.2, -0.15) is 0 Å². The van der Waals surface area contributed by atoms with Gasteiger partial charge in [-0.1, -0.05) is 15.9 Å². The smallest absolute Gasteiger partial charge is 0.327 e. The van der Waals surface area contributed by atoms with Gasteiger partial charge in [0.05, 0.1) is 6.61 Å². The van der Waals surface area contributed by atoms with Gasteiger partial charge in [0.15, 0.2) is 0 Å². The average Bonchev–Trinajstić information content (AvgIpc) is 2.21. The van der Waals surface area contributed by atoms with Gasteiger partial charge in [0, 0.05) is 10.0 Å². The fourth-order valence-corrected chi connectivity index (χ4v) is 1.49. The van der Waals surface area contributed by atoms with Crippen LogP contribution in [-0.2, 0) is 9.53 Å². The molecule has 0 saturated carbocycles. The van der Waals surface area contributed by atoms with E-state index in [1.165, 1.54) is 18.2 Å². The summed E-state index contributed by atoms with van der Waals surface area (Å²) in [7, 11) is 0. The summed E-state index contributed by atoms with van der Waals surface area (Å²) in [5.74, 6) is -1.15. The molecule has 1 aromatic carbocycles. The maximum atomic E-state index is 13.3. The van der Waals surface area contributed by atoms with Crippen molar-refractivity contribution in [3.05, 3.63) is 34.1 Å². The van der Waals surface area contributed by atoms with E-state index in [0.29, 0.717) is 4.47 Å². The van der Waals surface area contributed by atoms with Crippen LogP contribution in [0.4, 0.5) is 4.39 Å². The van der Waals surface area contributed by atoms with Crippen molar-refractivity contribution in [1.29, 1.82) is 0 Å². The van der Waals surface area contributed by atoms with Gasteiger partial charge in [-0.3, -0.25) is 0 Å². The van der Waals surface area contributed by atoms with E-state index in [-0.39, 0.29) is 12.2 Å². The van der Waals surface area contributed by atoms with E-state index in [2.05, 4.69) is 15.9 Å². The standard InChI is InChI=1S/C10H11BrFNO2/c1-2-15-10(14)9(13)7-5-6(11)3-4-8(7)12/h3-5,9H,2,13H2,1H3. The van der Waals surface area contributed by atoms with E-state index >= 15 is 0 Å². The summed E-state index contributed by atoms with van der Waals surface area (Å²) in [6.45, 7) is 1.89. The zero-order chi connectivity index (χ0) is 11.4. The highest BCUT2D eigenvalue weighted by Gasteiger charge is 2.20. The third-order valence-electron chi connectivity index (χ3n) is 1.83. The molecule has 3 nitrogen and oxygen atoms in total. The fraction of sp³-hybridized carbons (Fsp3) is 0.300. The fourth-order valence-electron chi connectivity index (χ4n) is 1.11. The van der Waals surface area contributed by atoms with Crippen LogP contribution in [0.5, 0.6) is 0 Å². The van der Waals surface area contributed by atoms with Crippen LogP contribution in [0, 0.1) is 5.82 Å². The number of carbonyl (C=O) groups excluding carboxylic acids is 1. The second-order valence-corrected chi connectivity index (χ2v) is 3.81. The second kappa shape index (κ2) is 5.23. The minimum atomic E-state index is -1.08. The molecule has 0 aliphatic heterocycles. The molecule has 0 aliphatic rings. The zero-order valence-electron chi connectivity index (χ0n) is 8.17. The SMILES string of the molecule is CCOC(=O)C(N)c1cc(Br)ccc1F. The van der Waals surface area contributed by atoms with Gasteiger partial charge in [-0.15, -0.1) is 0 Å². The number of esters is 1. The summed E-state index contributed by atoms with van der Waals surface area (Å²) >= 11 is 3.18. The van der Waals surface area contributed by atoms with Gasteiger partial charge in [0.25, 0.3) is 0 Å². The first kappa shape index (κ1) is 12.1. The highest BCUT2D eigenvalue weighted by molar-refractivity contribution is 9.10. The van der Waals surface area contributed by atoms with Crippen LogP contribution in [-0.4, -0.2) is 12.6 Å². The summed E-state index contributed by atoms with van der Waals surface area (Å²) in [6, 6.07) is 3.18. The average molecular weight is 276 g/mol. The molecule has 15 heavy (non-hydrogen) atoms. The van der Waals surface area contributed by atoms with Crippen LogP contribution in [0.2, 0.25) is 0 Å². The molecule has 0 saturated heterocycles. The molecule has 1 unspecified atom stereocenters. The molecule has 82 valence electrons. The Bertz CT molecular complexity index is 370. The van der Waals surface area contributed by atoms with Gasteiger partial charge >= 0.3 is 5.97 Å². The van der Waals surface area contributed by atoms with E-state index in [9.17, 15) is 9.18 Å². The summed E-state index contributed by atoms with van der Waals surface area (Å²) in [6.07, 6.45) is 0. The Balaban J connectivity index is 2.94. The Morgan fingerprint density at radius 1 is 1.67 bits per heavy atom. The largest absolute Gasteiger partial charge is 0.465 e. The van der Waals surface area contributed by atoms with Crippen LogP contribution in [0.3, 0.4) is 0 Å². The van der Waals surface area contributed by atoms with Crippen LogP contribution >= 0.6 is 15.9 Å². The van der Waals surface area contributed by atoms with Crippen molar-refractivity contribution in [3.8, 4) is 0 Å². The minimum Gasteiger partial charge on any atom is -0.465 e. The number of benzene rings is 1. The lowest BCUT2D eigenvalue weighted by atomic mass is 10.1.